The minimum absolute atomic E-state index is 0.0589. The van der Waals surface area contributed by atoms with E-state index in [2.05, 4.69) is 0 Å². The third kappa shape index (κ3) is 5.99. The van der Waals surface area contributed by atoms with Crippen LogP contribution in [0.25, 0.3) is 0 Å². The standard InChI is InChI=1S/C24H25FN2O3S/c1-26(18-21-12-8-9-15-23(21)25)24(28)19-27(17-16-20-10-4-2-5-11-20)31(29,30)22-13-6-3-7-14-22/h2-15H,16-19H2,1H3. The lowest BCUT2D eigenvalue weighted by atomic mass is 10.1. The zero-order chi connectivity index (χ0) is 22.3. The number of benzene rings is 3. The van der Waals surface area contributed by atoms with E-state index in [0.29, 0.717) is 12.0 Å². The summed E-state index contributed by atoms with van der Waals surface area (Å²) >= 11 is 0. The van der Waals surface area contributed by atoms with Crippen LogP contribution in [0.3, 0.4) is 0 Å². The van der Waals surface area contributed by atoms with Gasteiger partial charge in [0.05, 0.1) is 11.4 Å². The Morgan fingerprint density at radius 3 is 2.10 bits per heavy atom. The topological polar surface area (TPSA) is 57.7 Å². The molecule has 0 radical (unpaired) electrons. The highest BCUT2D eigenvalue weighted by Gasteiger charge is 2.27. The van der Waals surface area contributed by atoms with Gasteiger partial charge in [0.2, 0.25) is 15.9 Å². The molecule has 0 aliphatic rings. The van der Waals surface area contributed by atoms with Gasteiger partial charge in [-0.15, -0.1) is 0 Å². The summed E-state index contributed by atoms with van der Waals surface area (Å²) in [6, 6.07) is 23.8. The van der Waals surface area contributed by atoms with Crippen molar-refractivity contribution in [3.05, 3.63) is 102 Å². The second-order valence-electron chi connectivity index (χ2n) is 7.23. The van der Waals surface area contributed by atoms with Crippen LogP contribution in [0.5, 0.6) is 0 Å². The molecule has 3 rings (SSSR count). The van der Waals surface area contributed by atoms with Crippen molar-refractivity contribution in [2.75, 3.05) is 20.1 Å². The van der Waals surface area contributed by atoms with Crippen LogP contribution in [0.15, 0.2) is 89.8 Å². The zero-order valence-electron chi connectivity index (χ0n) is 17.3. The molecule has 0 spiro atoms. The number of hydrogen-bond donors (Lipinski definition) is 0. The number of carbonyl (C=O) groups is 1. The molecule has 1 amide bonds. The second-order valence-corrected chi connectivity index (χ2v) is 9.17. The molecule has 0 fully saturated rings. The minimum Gasteiger partial charge on any atom is -0.340 e. The molecule has 31 heavy (non-hydrogen) atoms. The van der Waals surface area contributed by atoms with Gasteiger partial charge in [-0.2, -0.15) is 4.31 Å². The van der Waals surface area contributed by atoms with Crippen molar-refractivity contribution in [2.24, 2.45) is 0 Å². The van der Waals surface area contributed by atoms with E-state index in [1.807, 2.05) is 30.3 Å². The van der Waals surface area contributed by atoms with Crippen molar-refractivity contribution in [1.29, 1.82) is 0 Å². The van der Waals surface area contributed by atoms with Gasteiger partial charge in [0.25, 0.3) is 0 Å². The number of hydrogen-bond acceptors (Lipinski definition) is 3. The van der Waals surface area contributed by atoms with Crippen LogP contribution in [-0.4, -0.2) is 43.7 Å². The monoisotopic (exact) mass is 440 g/mol. The van der Waals surface area contributed by atoms with E-state index in [4.69, 9.17) is 0 Å². The van der Waals surface area contributed by atoms with Crippen molar-refractivity contribution in [1.82, 2.24) is 9.21 Å². The number of halogens is 1. The Morgan fingerprint density at radius 2 is 1.45 bits per heavy atom. The summed E-state index contributed by atoms with van der Waals surface area (Å²) in [5.74, 6) is -0.809. The van der Waals surface area contributed by atoms with Gasteiger partial charge < -0.3 is 4.90 Å². The van der Waals surface area contributed by atoms with Crippen LogP contribution in [0.2, 0.25) is 0 Å². The Kier molecular flexibility index (Phi) is 7.55. The Morgan fingerprint density at radius 1 is 0.871 bits per heavy atom. The van der Waals surface area contributed by atoms with Crippen molar-refractivity contribution in [3.8, 4) is 0 Å². The minimum atomic E-state index is -3.87. The Balaban J connectivity index is 1.78. The quantitative estimate of drug-likeness (QED) is 0.510. The molecular formula is C24H25FN2O3S. The van der Waals surface area contributed by atoms with Crippen molar-refractivity contribution in [2.45, 2.75) is 17.9 Å². The van der Waals surface area contributed by atoms with E-state index < -0.39 is 21.7 Å². The highest BCUT2D eigenvalue weighted by atomic mass is 32.2. The van der Waals surface area contributed by atoms with Crippen molar-refractivity contribution < 1.29 is 17.6 Å². The second kappa shape index (κ2) is 10.3. The fourth-order valence-corrected chi connectivity index (χ4v) is 4.58. The summed E-state index contributed by atoms with van der Waals surface area (Å²) in [6.07, 6.45) is 0.469. The number of likely N-dealkylation sites (N-methyl/N-ethyl adjacent to an activating group) is 1. The molecule has 0 bridgehead atoms. The normalized spacial score (nSPS) is 11.5. The summed E-state index contributed by atoms with van der Waals surface area (Å²) in [4.78, 5) is 14.3. The maximum absolute atomic E-state index is 14.0. The summed E-state index contributed by atoms with van der Waals surface area (Å²) in [5, 5.41) is 0. The van der Waals surface area contributed by atoms with E-state index in [1.54, 1.807) is 43.4 Å². The van der Waals surface area contributed by atoms with E-state index >= 15 is 0 Å². The van der Waals surface area contributed by atoms with E-state index in [1.165, 1.54) is 27.4 Å². The smallest absolute Gasteiger partial charge is 0.243 e. The molecule has 3 aromatic rings. The lowest BCUT2D eigenvalue weighted by molar-refractivity contribution is -0.130. The number of sulfonamides is 1. The van der Waals surface area contributed by atoms with Gasteiger partial charge in [-0.1, -0.05) is 66.7 Å². The van der Waals surface area contributed by atoms with Crippen LogP contribution in [0, 0.1) is 5.82 Å². The fourth-order valence-electron chi connectivity index (χ4n) is 3.17. The number of amides is 1. The third-order valence-electron chi connectivity index (χ3n) is 4.98. The fraction of sp³-hybridized carbons (Fsp3) is 0.208. The van der Waals surface area contributed by atoms with Gasteiger partial charge in [0, 0.05) is 25.7 Å². The molecule has 162 valence electrons. The molecule has 0 unspecified atom stereocenters. The first-order valence-electron chi connectivity index (χ1n) is 9.94. The van der Waals surface area contributed by atoms with E-state index in [9.17, 15) is 17.6 Å². The van der Waals surface area contributed by atoms with Crippen LogP contribution < -0.4 is 0 Å². The van der Waals surface area contributed by atoms with Gasteiger partial charge in [0.1, 0.15) is 5.82 Å². The maximum atomic E-state index is 14.0. The molecule has 7 heteroatoms. The van der Waals surface area contributed by atoms with E-state index in [0.717, 1.165) is 5.56 Å². The molecule has 0 aliphatic heterocycles. The molecule has 0 aliphatic carbocycles. The average Bonchev–Trinajstić information content (AvgIpc) is 2.79. The highest BCUT2D eigenvalue weighted by molar-refractivity contribution is 7.89. The maximum Gasteiger partial charge on any atom is 0.243 e. The zero-order valence-corrected chi connectivity index (χ0v) is 18.1. The third-order valence-corrected chi connectivity index (χ3v) is 6.84. The summed E-state index contributed by atoms with van der Waals surface area (Å²) in [5.41, 5.74) is 1.35. The number of carbonyl (C=O) groups excluding carboxylic acids is 1. The first-order chi connectivity index (χ1) is 14.9. The van der Waals surface area contributed by atoms with Crippen molar-refractivity contribution in [3.63, 3.8) is 0 Å². The molecule has 0 aromatic heterocycles. The lowest BCUT2D eigenvalue weighted by Gasteiger charge is -2.25. The molecule has 5 nitrogen and oxygen atoms in total. The van der Waals surface area contributed by atoms with Crippen molar-refractivity contribution >= 4 is 15.9 Å². The predicted molar refractivity (Wildman–Crippen MR) is 118 cm³/mol. The number of rotatable bonds is 9. The lowest BCUT2D eigenvalue weighted by Crippen LogP contribution is -2.42. The molecule has 0 N–H and O–H groups in total. The Hall–Kier alpha value is -3.03. The first-order valence-corrected chi connectivity index (χ1v) is 11.4. The molecule has 0 saturated carbocycles. The largest absolute Gasteiger partial charge is 0.340 e. The molecule has 0 saturated heterocycles. The van der Waals surface area contributed by atoms with Gasteiger partial charge >= 0.3 is 0 Å². The summed E-state index contributed by atoms with van der Waals surface area (Å²) in [7, 11) is -2.33. The highest BCUT2D eigenvalue weighted by Crippen LogP contribution is 2.17. The van der Waals surface area contributed by atoms with Gasteiger partial charge in [0.15, 0.2) is 0 Å². The van der Waals surface area contributed by atoms with Crippen LogP contribution in [0.4, 0.5) is 4.39 Å². The Labute approximate surface area is 182 Å². The van der Waals surface area contributed by atoms with Gasteiger partial charge in [-0.05, 0) is 30.2 Å². The molecule has 0 atom stereocenters. The first kappa shape index (κ1) is 22.7. The molecule has 3 aromatic carbocycles. The van der Waals surface area contributed by atoms with E-state index in [-0.39, 0.29) is 24.5 Å². The molecule has 0 heterocycles. The van der Waals surface area contributed by atoms with Crippen LogP contribution in [0.1, 0.15) is 11.1 Å². The van der Waals surface area contributed by atoms with Gasteiger partial charge in [-0.25, -0.2) is 12.8 Å². The van der Waals surface area contributed by atoms with Crippen LogP contribution >= 0.6 is 0 Å². The SMILES string of the molecule is CN(Cc1ccccc1F)C(=O)CN(CCc1ccccc1)S(=O)(=O)c1ccccc1. The summed E-state index contributed by atoms with van der Waals surface area (Å²) < 4.78 is 41.6. The Bertz CT molecular complexity index is 1110. The number of nitrogens with zero attached hydrogens (tertiary/aromatic N) is 2. The van der Waals surface area contributed by atoms with Crippen LogP contribution in [-0.2, 0) is 27.8 Å². The van der Waals surface area contributed by atoms with Gasteiger partial charge in [-0.3, -0.25) is 4.79 Å². The average molecular weight is 441 g/mol. The summed E-state index contributed by atoms with van der Waals surface area (Å²) in [6.45, 7) is -0.112. The molecular weight excluding hydrogens is 415 g/mol. The predicted octanol–water partition coefficient (Wildman–Crippen LogP) is 3.72.